The van der Waals surface area contributed by atoms with E-state index in [1.54, 1.807) is 11.4 Å². The van der Waals surface area contributed by atoms with Gasteiger partial charge in [-0.3, -0.25) is 0 Å². The standard InChI is InChI=1S/C21H19F3N6O/c1-11(6-7-12(2)31-21(23)24)26-20-16(22)18(25)27-19(28-20)15-14-5-3-4-10-30(14)29-17(15)13-8-9-13/h3-7,10,13,21H,2,8-9H2,1H3,(H2,25,27,28)/b7-6-,26-11?. The number of nitrogens with two attached hydrogens (primary N) is 1. The van der Waals surface area contributed by atoms with E-state index in [9.17, 15) is 13.2 Å². The van der Waals surface area contributed by atoms with E-state index in [2.05, 4.69) is 31.4 Å². The molecule has 3 aromatic heterocycles. The van der Waals surface area contributed by atoms with Gasteiger partial charge in [-0.05, 0) is 44.1 Å². The lowest BCUT2D eigenvalue weighted by molar-refractivity contribution is -0.0915. The highest BCUT2D eigenvalue weighted by Gasteiger charge is 2.32. The highest BCUT2D eigenvalue weighted by molar-refractivity contribution is 5.95. The van der Waals surface area contributed by atoms with Crippen molar-refractivity contribution >= 4 is 22.9 Å². The highest BCUT2D eigenvalue weighted by atomic mass is 19.3. The summed E-state index contributed by atoms with van der Waals surface area (Å²) >= 11 is 0. The first-order chi connectivity index (χ1) is 14.8. The van der Waals surface area contributed by atoms with Gasteiger partial charge in [0.2, 0.25) is 5.82 Å². The minimum absolute atomic E-state index is 0.225. The molecule has 4 rings (SSSR count). The number of hydrogen-bond donors (Lipinski definition) is 1. The van der Waals surface area contributed by atoms with Crippen LogP contribution in [0.2, 0.25) is 0 Å². The molecule has 0 atom stereocenters. The Morgan fingerprint density at radius 3 is 2.81 bits per heavy atom. The maximum atomic E-state index is 14.6. The molecule has 0 amide bonds. The lowest BCUT2D eigenvalue weighted by Crippen LogP contribution is -2.02. The molecular weight excluding hydrogens is 409 g/mol. The average molecular weight is 428 g/mol. The third-order valence-corrected chi connectivity index (χ3v) is 4.65. The zero-order valence-electron chi connectivity index (χ0n) is 16.6. The van der Waals surface area contributed by atoms with Crippen molar-refractivity contribution in [3.63, 3.8) is 0 Å². The van der Waals surface area contributed by atoms with Gasteiger partial charge in [-0.15, -0.1) is 0 Å². The van der Waals surface area contributed by atoms with Crippen LogP contribution in [0.5, 0.6) is 0 Å². The second-order valence-electron chi connectivity index (χ2n) is 7.07. The topological polar surface area (TPSA) is 90.7 Å². The number of ether oxygens (including phenoxy) is 1. The van der Waals surface area contributed by atoms with Gasteiger partial charge in [0.15, 0.2) is 17.5 Å². The molecule has 0 aromatic carbocycles. The predicted octanol–water partition coefficient (Wildman–Crippen LogP) is 4.79. The number of alkyl halides is 2. The number of anilines is 1. The first kappa shape index (κ1) is 20.6. The zero-order chi connectivity index (χ0) is 22.1. The number of pyridine rings is 1. The number of nitrogens with zero attached hydrogens (tertiary/aromatic N) is 5. The van der Waals surface area contributed by atoms with Crippen LogP contribution in [0.3, 0.4) is 0 Å². The van der Waals surface area contributed by atoms with Crippen molar-refractivity contribution in [3.8, 4) is 11.4 Å². The Bertz CT molecular complexity index is 1210. The molecule has 0 bridgehead atoms. The minimum atomic E-state index is -2.98. The van der Waals surface area contributed by atoms with Gasteiger partial charge in [0.25, 0.3) is 0 Å². The van der Waals surface area contributed by atoms with Crippen molar-refractivity contribution in [3.05, 3.63) is 60.4 Å². The largest absolute Gasteiger partial charge is 0.435 e. The monoisotopic (exact) mass is 428 g/mol. The molecule has 0 saturated heterocycles. The van der Waals surface area contributed by atoms with Gasteiger partial charge in [0.05, 0.1) is 16.8 Å². The Morgan fingerprint density at radius 1 is 1.32 bits per heavy atom. The number of hydrogen-bond acceptors (Lipinski definition) is 6. The number of fused-ring (bicyclic) bond motifs is 1. The van der Waals surface area contributed by atoms with Gasteiger partial charge in [0.1, 0.15) is 5.76 Å². The van der Waals surface area contributed by atoms with Crippen LogP contribution in [0.15, 0.2) is 53.9 Å². The van der Waals surface area contributed by atoms with Crippen LogP contribution >= 0.6 is 0 Å². The zero-order valence-corrected chi connectivity index (χ0v) is 16.6. The van der Waals surface area contributed by atoms with Gasteiger partial charge in [-0.25, -0.2) is 19.5 Å². The molecule has 7 nitrogen and oxygen atoms in total. The van der Waals surface area contributed by atoms with Gasteiger partial charge in [0, 0.05) is 17.8 Å². The summed E-state index contributed by atoms with van der Waals surface area (Å²) in [6, 6.07) is 5.60. The van der Waals surface area contributed by atoms with E-state index in [4.69, 9.17) is 5.73 Å². The quantitative estimate of drug-likeness (QED) is 0.332. The van der Waals surface area contributed by atoms with Crippen molar-refractivity contribution < 1.29 is 17.9 Å². The van der Waals surface area contributed by atoms with Gasteiger partial charge in [-0.1, -0.05) is 12.6 Å². The molecule has 1 saturated carbocycles. The molecule has 3 aromatic rings. The number of nitrogen functional groups attached to an aromatic ring is 1. The summed E-state index contributed by atoms with van der Waals surface area (Å²) in [5, 5.41) is 4.64. The second-order valence-corrected chi connectivity index (χ2v) is 7.07. The summed E-state index contributed by atoms with van der Waals surface area (Å²) in [7, 11) is 0. The fraction of sp³-hybridized carbons (Fsp3) is 0.238. The highest BCUT2D eigenvalue weighted by Crippen LogP contribution is 2.44. The maximum Gasteiger partial charge on any atom is 0.387 e. The normalized spacial score (nSPS) is 14.7. The Balaban J connectivity index is 1.75. The molecule has 1 aliphatic rings. The molecule has 1 fully saturated rings. The smallest absolute Gasteiger partial charge is 0.387 e. The van der Waals surface area contributed by atoms with Crippen molar-refractivity contribution in [2.24, 2.45) is 4.99 Å². The molecule has 0 spiro atoms. The molecule has 0 unspecified atom stereocenters. The van der Waals surface area contributed by atoms with Crippen LogP contribution in [-0.4, -0.2) is 31.9 Å². The lowest BCUT2D eigenvalue weighted by atomic mass is 10.1. The first-order valence-electron chi connectivity index (χ1n) is 9.51. The Hall–Kier alpha value is -3.69. The van der Waals surface area contributed by atoms with E-state index in [0.717, 1.165) is 24.1 Å². The Morgan fingerprint density at radius 2 is 2.10 bits per heavy atom. The first-order valence-corrected chi connectivity index (χ1v) is 9.51. The van der Waals surface area contributed by atoms with E-state index in [-0.39, 0.29) is 28.9 Å². The van der Waals surface area contributed by atoms with Crippen LogP contribution in [0.25, 0.3) is 16.9 Å². The Labute approximate surface area is 175 Å². The van der Waals surface area contributed by atoms with E-state index in [1.807, 2.05) is 24.4 Å². The van der Waals surface area contributed by atoms with E-state index >= 15 is 0 Å². The fourth-order valence-corrected chi connectivity index (χ4v) is 3.10. The molecule has 0 radical (unpaired) electrons. The second kappa shape index (κ2) is 8.21. The molecule has 0 aliphatic heterocycles. The average Bonchev–Trinajstić information content (AvgIpc) is 3.49. The molecule has 10 heteroatoms. The third kappa shape index (κ3) is 4.42. The van der Waals surface area contributed by atoms with Crippen LogP contribution < -0.4 is 5.73 Å². The van der Waals surface area contributed by atoms with Gasteiger partial charge < -0.3 is 10.5 Å². The summed E-state index contributed by atoms with van der Waals surface area (Å²) < 4.78 is 44.9. The van der Waals surface area contributed by atoms with Crippen LogP contribution in [0.4, 0.5) is 24.8 Å². The van der Waals surface area contributed by atoms with Crippen molar-refractivity contribution in [2.75, 3.05) is 5.73 Å². The van der Waals surface area contributed by atoms with E-state index in [1.165, 1.54) is 12.2 Å². The van der Waals surface area contributed by atoms with Gasteiger partial charge in [-0.2, -0.15) is 18.3 Å². The fourth-order valence-electron chi connectivity index (χ4n) is 3.10. The van der Waals surface area contributed by atoms with Crippen molar-refractivity contribution in [1.82, 2.24) is 19.6 Å². The van der Waals surface area contributed by atoms with Gasteiger partial charge >= 0.3 is 6.61 Å². The van der Waals surface area contributed by atoms with Crippen LogP contribution in [-0.2, 0) is 4.74 Å². The van der Waals surface area contributed by atoms with E-state index in [0.29, 0.717) is 11.5 Å². The molecule has 31 heavy (non-hydrogen) atoms. The molecule has 1 aliphatic carbocycles. The molecule has 3 heterocycles. The summed E-state index contributed by atoms with van der Waals surface area (Å²) in [5.74, 6) is -1.22. The molecule has 160 valence electrons. The number of aliphatic imine (C=N–C) groups is 1. The summed E-state index contributed by atoms with van der Waals surface area (Å²) in [4.78, 5) is 12.6. The van der Waals surface area contributed by atoms with E-state index < -0.39 is 12.4 Å². The number of aromatic nitrogens is 4. The molecule has 2 N–H and O–H groups in total. The van der Waals surface area contributed by atoms with Crippen molar-refractivity contribution in [1.29, 1.82) is 0 Å². The molecular formula is C21H19F3N6O. The Kier molecular flexibility index (Phi) is 5.45. The van der Waals surface area contributed by atoms with Crippen LogP contribution in [0, 0.1) is 5.82 Å². The van der Waals surface area contributed by atoms with Crippen molar-refractivity contribution in [2.45, 2.75) is 32.3 Å². The number of halogens is 3. The number of allylic oxidation sites excluding steroid dienone is 2. The lowest BCUT2D eigenvalue weighted by Gasteiger charge is -2.06. The SMILES string of the molecule is C=C(/C=C\C(C)=Nc1nc(-c2c(C3CC3)nn3ccccc23)nc(N)c1F)OC(F)F. The summed E-state index contributed by atoms with van der Waals surface area (Å²) in [6.45, 7) is 1.91. The summed E-state index contributed by atoms with van der Waals surface area (Å²) in [6.07, 6.45) is 6.39. The maximum absolute atomic E-state index is 14.6. The minimum Gasteiger partial charge on any atom is -0.435 e. The number of rotatable bonds is 7. The van der Waals surface area contributed by atoms with Crippen LogP contribution in [0.1, 0.15) is 31.4 Å². The predicted molar refractivity (Wildman–Crippen MR) is 111 cm³/mol. The summed E-state index contributed by atoms with van der Waals surface area (Å²) in [5.41, 5.74) is 8.40. The third-order valence-electron chi connectivity index (χ3n) is 4.65.